The molecular formula is C14H16N4O2S. The fraction of sp³-hybridized carbons (Fsp3) is 0.214. The van der Waals surface area contributed by atoms with Crippen LogP contribution in [0.15, 0.2) is 35.4 Å². The molecule has 0 spiro atoms. The molecule has 1 amide bonds. The Morgan fingerprint density at radius 2 is 1.86 bits per heavy atom. The van der Waals surface area contributed by atoms with Crippen LogP contribution < -0.4 is 11.5 Å². The Kier molecular flexibility index (Phi) is 4.32. The molecule has 1 heterocycles. The van der Waals surface area contributed by atoms with Gasteiger partial charge in [-0.25, -0.2) is 9.97 Å². The summed E-state index contributed by atoms with van der Waals surface area (Å²) in [6.07, 6.45) is 1.47. The Labute approximate surface area is 125 Å². The monoisotopic (exact) mass is 304 g/mol. The molecule has 0 aliphatic carbocycles. The number of nitrogen functional groups attached to an aromatic ring is 1. The molecule has 0 saturated carbocycles. The first kappa shape index (κ1) is 15.1. The fourth-order valence-electron chi connectivity index (χ4n) is 1.75. The van der Waals surface area contributed by atoms with Crippen LogP contribution in [0.3, 0.4) is 0 Å². The predicted molar refractivity (Wildman–Crippen MR) is 81.9 cm³/mol. The molecule has 110 valence electrons. The largest absolute Gasteiger partial charge is 0.382 e. The van der Waals surface area contributed by atoms with Gasteiger partial charge in [-0.15, -0.1) is 0 Å². The average molecular weight is 304 g/mol. The molecule has 0 bridgehead atoms. The summed E-state index contributed by atoms with van der Waals surface area (Å²) in [7, 11) is -1.05. The third-order valence-electron chi connectivity index (χ3n) is 2.84. The Balaban J connectivity index is 2.37. The summed E-state index contributed by atoms with van der Waals surface area (Å²) in [5, 5.41) is 0.0497. The van der Waals surface area contributed by atoms with Crippen molar-refractivity contribution in [3.63, 3.8) is 0 Å². The number of benzene rings is 1. The van der Waals surface area contributed by atoms with Crippen LogP contribution in [0.1, 0.15) is 24.3 Å². The van der Waals surface area contributed by atoms with Gasteiger partial charge in [0.1, 0.15) is 0 Å². The van der Waals surface area contributed by atoms with Crippen molar-refractivity contribution in [2.24, 2.45) is 5.73 Å². The third-order valence-corrected chi connectivity index (χ3v) is 4.44. The first-order valence-electron chi connectivity index (χ1n) is 6.33. The van der Waals surface area contributed by atoms with Crippen LogP contribution >= 0.6 is 0 Å². The predicted octanol–water partition coefficient (Wildman–Crippen LogP) is 1.34. The SMILES string of the molecule is CC(C)S(=O)c1ccc(-c2cnc(N)c(C(N)=O)n2)cc1. The lowest BCUT2D eigenvalue weighted by atomic mass is 10.1. The van der Waals surface area contributed by atoms with Crippen molar-refractivity contribution in [1.82, 2.24) is 9.97 Å². The van der Waals surface area contributed by atoms with Gasteiger partial charge < -0.3 is 11.5 Å². The molecule has 0 aliphatic heterocycles. The normalized spacial score (nSPS) is 12.3. The molecule has 0 aliphatic rings. The molecule has 6 nitrogen and oxygen atoms in total. The fourth-order valence-corrected chi connectivity index (χ4v) is 2.70. The van der Waals surface area contributed by atoms with Crippen LogP contribution in [0.5, 0.6) is 0 Å². The maximum atomic E-state index is 12.0. The van der Waals surface area contributed by atoms with E-state index < -0.39 is 16.7 Å². The Morgan fingerprint density at radius 3 is 2.38 bits per heavy atom. The van der Waals surface area contributed by atoms with Gasteiger partial charge in [-0.05, 0) is 12.1 Å². The molecule has 21 heavy (non-hydrogen) atoms. The maximum absolute atomic E-state index is 12.0. The van der Waals surface area contributed by atoms with E-state index in [4.69, 9.17) is 11.5 Å². The van der Waals surface area contributed by atoms with Gasteiger partial charge in [-0.2, -0.15) is 0 Å². The topological polar surface area (TPSA) is 112 Å². The third kappa shape index (κ3) is 3.25. The van der Waals surface area contributed by atoms with Crippen molar-refractivity contribution in [2.75, 3.05) is 5.73 Å². The number of carbonyl (C=O) groups is 1. The zero-order chi connectivity index (χ0) is 15.6. The van der Waals surface area contributed by atoms with Gasteiger partial charge in [-0.1, -0.05) is 26.0 Å². The Bertz CT molecular complexity index is 699. The van der Waals surface area contributed by atoms with Crippen molar-refractivity contribution in [1.29, 1.82) is 0 Å². The van der Waals surface area contributed by atoms with Crippen LogP contribution in [0.2, 0.25) is 0 Å². The van der Waals surface area contributed by atoms with Crippen molar-refractivity contribution >= 4 is 22.5 Å². The zero-order valence-electron chi connectivity index (χ0n) is 11.7. The number of amides is 1. The molecule has 4 N–H and O–H groups in total. The maximum Gasteiger partial charge on any atom is 0.271 e. The summed E-state index contributed by atoms with van der Waals surface area (Å²) < 4.78 is 12.0. The highest BCUT2D eigenvalue weighted by Crippen LogP contribution is 2.21. The van der Waals surface area contributed by atoms with E-state index in [9.17, 15) is 9.00 Å². The van der Waals surface area contributed by atoms with Crippen LogP contribution in [-0.2, 0) is 10.8 Å². The van der Waals surface area contributed by atoms with Gasteiger partial charge in [-0.3, -0.25) is 9.00 Å². The van der Waals surface area contributed by atoms with Crippen molar-refractivity contribution in [2.45, 2.75) is 24.0 Å². The number of rotatable bonds is 4. The number of primary amides is 1. The van der Waals surface area contributed by atoms with Gasteiger partial charge in [0.25, 0.3) is 5.91 Å². The average Bonchev–Trinajstić information content (AvgIpc) is 2.46. The van der Waals surface area contributed by atoms with E-state index in [0.717, 1.165) is 10.5 Å². The number of nitrogens with zero attached hydrogens (tertiary/aromatic N) is 2. The summed E-state index contributed by atoms with van der Waals surface area (Å²) in [5.41, 5.74) is 11.9. The lowest BCUT2D eigenvalue weighted by Gasteiger charge is -2.07. The van der Waals surface area contributed by atoms with Crippen LogP contribution in [0, 0.1) is 0 Å². The van der Waals surface area contributed by atoms with E-state index in [0.29, 0.717) is 5.69 Å². The first-order chi connectivity index (χ1) is 9.90. The van der Waals surface area contributed by atoms with Crippen molar-refractivity contribution in [3.8, 4) is 11.3 Å². The van der Waals surface area contributed by atoms with Gasteiger partial charge in [0.2, 0.25) is 0 Å². The first-order valence-corrected chi connectivity index (χ1v) is 7.54. The standard InChI is InChI=1S/C14H16N4O2S/c1-8(2)21(20)10-5-3-9(4-6-10)11-7-17-13(15)12(18-11)14(16)19/h3-8H,1-2H3,(H2,15,17)(H2,16,19). The molecule has 1 aromatic heterocycles. The lowest BCUT2D eigenvalue weighted by Crippen LogP contribution is -2.17. The lowest BCUT2D eigenvalue weighted by molar-refractivity contribution is 0.0996. The van der Waals surface area contributed by atoms with E-state index in [1.165, 1.54) is 6.20 Å². The quantitative estimate of drug-likeness (QED) is 0.885. The minimum atomic E-state index is -1.05. The molecule has 2 aromatic rings. The van der Waals surface area contributed by atoms with Gasteiger partial charge in [0.05, 0.1) is 22.7 Å². The van der Waals surface area contributed by atoms with Crippen LogP contribution in [0.25, 0.3) is 11.3 Å². The number of carbonyl (C=O) groups excluding carboxylic acids is 1. The second-order valence-corrected chi connectivity index (χ2v) is 6.73. The Hall–Kier alpha value is -2.28. The van der Waals surface area contributed by atoms with Gasteiger partial charge in [0.15, 0.2) is 11.5 Å². The highest BCUT2D eigenvalue weighted by Gasteiger charge is 2.12. The number of nitrogens with two attached hydrogens (primary N) is 2. The molecule has 0 fully saturated rings. The van der Waals surface area contributed by atoms with E-state index >= 15 is 0 Å². The summed E-state index contributed by atoms with van der Waals surface area (Å²) in [5.74, 6) is -0.719. The van der Waals surface area contributed by atoms with Crippen LogP contribution in [-0.4, -0.2) is 25.3 Å². The number of anilines is 1. The highest BCUT2D eigenvalue weighted by atomic mass is 32.2. The minimum Gasteiger partial charge on any atom is -0.382 e. The molecule has 1 atom stereocenters. The second-order valence-electron chi connectivity index (χ2n) is 4.72. The number of aromatic nitrogens is 2. The molecule has 0 saturated heterocycles. The van der Waals surface area contributed by atoms with E-state index in [1.807, 2.05) is 13.8 Å². The molecule has 1 aromatic carbocycles. The minimum absolute atomic E-state index is 0.00350. The second kappa shape index (κ2) is 6.01. The smallest absolute Gasteiger partial charge is 0.271 e. The number of hydrogen-bond donors (Lipinski definition) is 2. The molecule has 2 rings (SSSR count). The molecule has 0 radical (unpaired) electrons. The highest BCUT2D eigenvalue weighted by molar-refractivity contribution is 7.85. The zero-order valence-corrected chi connectivity index (χ0v) is 12.6. The van der Waals surface area contributed by atoms with E-state index in [2.05, 4.69) is 9.97 Å². The summed E-state index contributed by atoms with van der Waals surface area (Å²) in [4.78, 5) is 20.0. The summed E-state index contributed by atoms with van der Waals surface area (Å²) in [6, 6.07) is 7.10. The van der Waals surface area contributed by atoms with Crippen molar-refractivity contribution < 1.29 is 9.00 Å². The Morgan fingerprint density at radius 1 is 1.24 bits per heavy atom. The van der Waals surface area contributed by atoms with Crippen molar-refractivity contribution in [3.05, 3.63) is 36.2 Å². The van der Waals surface area contributed by atoms with E-state index in [-0.39, 0.29) is 16.8 Å². The molecule has 1 unspecified atom stereocenters. The summed E-state index contributed by atoms with van der Waals surface area (Å²) >= 11 is 0. The van der Waals surface area contributed by atoms with Gasteiger partial charge >= 0.3 is 0 Å². The summed E-state index contributed by atoms with van der Waals surface area (Å²) in [6.45, 7) is 3.79. The van der Waals surface area contributed by atoms with Crippen LogP contribution in [0.4, 0.5) is 5.82 Å². The molecule has 7 heteroatoms. The van der Waals surface area contributed by atoms with E-state index in [1.54, 1.807) is 24.3 Å². The molecular weight excluding hydrogens is 288 g/mol. The number of hydrogen-bond acceptors (Lipinski definition) is 5. The van der Waals surface area contributed by atoms with Gasteiger partial charge in [0, 0.05) is 15.7 Å².